The molecule has 0 spiro atoms. The summed E-state index contributed by atoms with van der Waals surface area (Å²) in [5, 5.41) is 9.46. The van der Waals surface area contributed by atoms with Crippen molar-refractivity contribution in [3.8, 4) is 11.5 Å². The largest absolute Gasteiger partial charge is 0.507 e. The Bertz CT molecular complexity index is 746. The van der Waals surface area contributed by atoms with Crippen molar-refractivity contribution >= 4 is 5.97 Å². The number of phenolic OH excluding ortho intramolecular Hbond substituents is 1. The van der Waals surface area contributed by atoms with Gasteiger partial charge >= 0.3 is 121 Å². The molecule has 0 fully saturated rings. The van der Waals surface area contributed by atoms with Crippen molar-refractivity contribution in [3.05, 3.63) is 60.2 Å². The number of phenols is 1. The third-order valence-corrected chi connectivity index (χ3v) is 7.24. The van der Waals surface area contributed by atoms with E-state index in [0.29, 0.717) is 5.75 Å². The van der Waals surface area contributed by atoms with Gasteiger partial charge in [0.2, 0.25) is 0 Å². The maximum atomic E-state index is 11.7. The second-order valence-electron chi connectivity index (χ2n) is 9.04. The van der Waals surface area contributed by atoms with Crippen LogP contribution in [0.4, 0.5) is 0 Å². The molecular weight excluding hydrogens is 444 g/mol. The molecule has 0 aliphatic carbocycles. The van der Waals surface area contributed by atoms with Gasteiger partial charge in [0.15, 0.2) is 0 Å². The fraction of sp³-hybridized carbons (Fsp3) is 0.552. The first kappa shape index (κ1) is 29.5. The summed E-state index contributed by atoms with van der Waals surface area (Å²) in [4.78, 5) is 11.7. The van der Waals surface area contributed by atoms with E-state index >= 15 is 0 Å². The summed E-state index contributed by atoms with van der Waals surface area (Å²) >= 11 is 2.40. The number of para-hydroxylation sites is 2. The molecule has 0 aliphatic heterocycles. The van der Waals surface area contributed by atoms with E-state index in [1.807, 2.05) is 6.07 Å². The van der Waals surface area contributed by atoms with Gasteiger partial charge in [-0.25, -0.2) is 4.79 Å². The van der Waals surface area contributed by atoms with Crippen molar-refractivity contribution < 1.29 is 35.1 Å². The molecule has 0 saturated heterocycles. The van der Waals surface area contributed by atoms with Crippen LogP contribution in [0, 0.1) is 5.92 Å². The van der Waals surface area contributed by atoms with E-state index in [9.17, 15) is 9.90 Å². The van der Waals surface area contributed by atoms with Crippen molar-refractivity contribution in [1.82, 2.24) is 0 Å². The van der Waals surface area contributed by atoms with E-state index in [0.717, 1.165) is 10.1 Å². The van der Waals surface area contributed by atoms with Crippen molar-refractivity contribution in [2.45, 2.75) is 95.6 Å². The van der Waals surface area contributed by atoms with Gasteiger partial charge in [-0.2, -0.15) is 0 Å². The van der Waals surface area contributed by atoms with Crippen LogP contribution in [0.3, 0.4) is 0 Å². The molecule has 0 saturated carbocycles. The molecular formula is C29H43O3Ti. The summed E-state index contributed by atoms with van der Waals surface area (Å²) < 4.78 is 6.00. The first-order valence-corrected chi connectivity index (χ1v) is 13.6. The van der Waals surface area contributed by atoms with E-state index in [4.69, 9.17) is 4.74 Å². The molecule has 1 unspecified atom stereocenters. The summed E-state index contributed by atoms with van der Waals surface area (Å²) in [6.07, 6.45) is 16.0. The molecule has 181 valence electrons. The maximum absolute atomic E-state index is 11.7. The van der Waals surface area contributed by atoms with Crippen LogP contribution >= 0.6 is 0 Å². The molecule has 0 aromatic heterocycles. The summed E-state index contributed by atoms with van der Waals surface area (Å²) in [5.74, 6) is 0.678. The first-order chi connectivity index (χ1) is 16.0. The predicted octanol–water partition coefficient (Wildman–Crippen LogP) is 8.90. The standard InChI is InChI=1S/C16H33.C13H10O3.Ti/c1-4-5-6-7-8-9-10-11-12-13-14-15-16(2)3;14-12-9-5-4-8-11(12)13(15)16-10-6-2-1-3-7-10;/h15-16H,4-14H2,1-3H3;1-9,14H;. The molecule has 0 aliphatic rings. The number of unbranched alkanes of at least 4 members (excludes halogenated alkanes) is 9. The number of benzene rings is 2. The van der Waals surface area contributed by atoms with Gasteiger partial charge in [-0.05, 0) is 24.3 Å². The Hall–Kier alpha value is -1.58. The Labute approximate surface area is 213 Å². The average molecular weight is 488 g/mol. The maximum Gasteiger partial charge on any atom is 0.347 e. The van der Waals surface area contributed by atoms with E-state index in [1.54, 1.807) is 36.4 Å². The van der Waals surface area contributed by atoms with Crippen LogP contribution in [-0.2, 0) is 20.4 Å². The number of esters is 1. The van der Waals surface area contributed by atoms with Gasteiger partial charge in [-0.15, -0.1) is 0 Å². The third kappa shape index (κ3) is 14.3. The Morgan fingerprint density at radius 1 is 0.818 bits per heavy atom. The molecule has 1 N–H and O–H groups in total. The minimum absolute atomic E-state index is 0.0802. The number of ether oxygens (including phenoxy) is 1. The Morgan fingerprint density at radius 3 is 1.88 bits per heavy atom. The molecule has 3 nitrogen and oxygen atoms in total. The molecule has 2 rings (SSSR count). The zero-order chi connectivity index (χ0) is 24.3. The third-order valence-electron chi connectivity index (χ3n) is 5.75. The van der Waals surface area contributed by atoms with Gasteiger partial charge < -0.3 is 9.84 Å². The topological polar surface area (TPSA) is 46.5 Å². The van der Waals surface area contributed by atoms with E-state index in [-0.39, 0.29) is 11.3 Å². The number of aromatic hydroxyl groups is 1. The Kier molecular flexibility index (Phi) is 16.8. The number of carbonyl (C=O) groups is 1. The van der Waals surface area contributed by atoms with E-state index in [1.165, 1.54) is 82.8 Å². The SMILES string of the molecule is CCCCCCCCCCCC[CH]([Ti])C(C)C.O=C(Oc1ccccc1)c1ccccc1O. The zero-order valence-corrected chi connectivity index (χ0v) is 22.5. The predicted molar refractivity (Wildman–Crippen MR) is 135 cm³/mol. The van der Waals surface area contributed by atoms with Crippen LogP contribution in [-0.4, -0.2) is 11.1 Å². The van der Waals surface area contributed by atoms with Crippen LogP contribution in [0.25, 0.3) is 0 Å². The van der Waals surface area contributed by atoms with Crippen LogP contribution < -0.4 is 4.74 Å². The second kappa shape index (κ2) is 18.8. The van der Waals surface area contributed by atoms with Crippen LogP contribution in [0.15, 0.2) is 54.6 Å². The number of hydrogen-bond donors (Lipinski definition) is 1. The van der Waals surface area contributed by atoms with E-state index < -0.39 is 5.97 Å². The monoisotopic (exact) mass is 487 g/mol. The van der Waals surface area contributed by atoms with Crippen LogP contribution in [0.5, 0.6) is 11.5 Å². The number of rotatable bonds is 14. The number of hydrogen-bond acceptors (Lipinski definition) is 3. The minimum atomic E-state index is -0.565. The van der Waals surface area contributed by atoms with Crippen LogP contribution in [0.2, 0.25) is 4.22 Å². The molecule has 1 atom stereocenters. The Balaban J connectivity index is 0.000000330. The van der Waals surface area contributed by atoms with Crippen molar-refractivity contribution in [2.75, 3.05) is 0 Å². The smallest absolute Gasteiger partial charge is 0.347 e. The molecule has 2 aromatic carbocycles. The molecule has 0 radical (unpaired) electrons. The average Bonchev–Trinajstić information content (AvgIpc) is 2.81. The zero-order valence-electron chi connectivity index (χ0n) is 20.9. The van der Waals surface area contributed by atoms with E-state index in [2.05, 4.69) is 41.2 Å². The van der Waals surface area contributed by atoms with Crippen LogP contribution in [0.1, 0.15) is 102 Å². The fourth-order valence-electron chi connectivity index (χ4n) is 3.48. The Morgan fingerprint density at radius 2 is 1.33 bits per heavy atom. The second-order valence-corrected chi connectivity index (χ2v) is 10.2. The summed E-state index contributed by atoms with van der Waals surface area (Å²) in [6, 6.07) is 15.0. The molecule has 0 heterocycles. The summed E-state index contributed by atoms with van der Waals surface area (Å²) in [6.45, 7) is 6.99. The van der Waals surface area contributed by atoms with Gasteiger partial charge in [-0.1, -0.05) is 37.3 Å². The molecule has 0 bridgehead atoms. The van der Waals surface area contributed by atoms with Gasteiger partial charge in [0.25, 0.3) is 0 Å². The molecule has 2 aromatic rings. The summed E-state index contributed by atoms with van der Waals surface area (Å²) in [7, 11) is 0. The van der Waals surface area contributed by atoms with Gasteiger partial charge in [0.1, 0.15) is 17.1 Å². The van der Waals surface area contributed by atoms with Crippen molar-refractivity contribution in [1.29, 1.82) is 0 Å². The summed E-state index contributed by atoms with van der Waals surface area (Å²) in [5.41, 5.74) is 0.159. The molecule has 4 heteroatoms. The van der Waals surface area contributed by atoms with Gasteiger partial charge in [0, 0.05) is 0 Å². The van der Waals surface area contributed by atoms with Gasteiger partial charge in [0.05, 0.1) is 0 Å². The van der Waals surface area contributed by atoms with Gasteiger partial charge in [-0.3, -0.25) is 0 Å². The van der Waals surface area contributed by atoms with Crippen molar-refractivity contribution in [3.63, 3.8) is 0 Å². The first-order valence-electron chi connectivity index (χ1n) is 12.7. The van der Waals surface area contributed by atoms with Crippen molar-refractivity contribution in [2.24, 2.45) is 5.92 Å². The minimum Gasteiger partial charge on any atom is -0.507 e. The molecule has 33 heavy (non-hydrogen) atoms. The normalized spacial score (nSPS) is 11.5. The number of carbonyl (C=O) groups excluding carboxylic acids is 1. The fourth-order valence-corrected chi connectivity index (χ4v) is 3.80. The quantitative estimate of drug-likeness (QED) is 0.125. The molecule has 0 amide bonds.